The minimum Gasteiger partial charge on any atom is -0.495 e. The number of hydrogen-bond acceptors (Lipinski definition) is 3. The maximum absolute atomic E-state index is 11.2. The van der Waals surface area contributed by atoms with Crippen molar-refractivity contribution in [2.24, 2.45) is 11.1 Å². The van der Waals surface area contributed by atoms with Crippen LogP contribution in [-0.4, -0.2) is 13.2 Å². The van der Waals surface area contributed by atoms with Crippen molar-refractivity contribution in [3.8, 4) is 16.9 Å². The van der Waals surface area contributed by atoms with E-state index in [2.05, 4.69) is 19.9 Å². The van der Waals surface area contributed by atoms with Gasteiger partial charge in [-0.2, -0.15) is 0 Å². The van der Waals surface area contributed by atoms with E-state index in [9.17, 15) is 4.79 Å². The molecule has 1 aliphatic carbocycles. The second kappa shape index (κ2) is 6.02. The lowest BCUT2D eigenvalue weighted by molar-refractivity contribution is 0.0392. The summed E-state index contributed by atoms with van der Waals surface area (Å²) in [6.07, 6.45) is -0.281. The Kier molecular flexibility index (Phi) is 4.18. The highest BCUT2D eigenvalue weighted by Gasteiger charge is 2.41. The van der Waals surface area contributed by atoms with E-state index >= 15 is 0 Å². The zero-order valence-corrected chi connectivity index (χ0v) is 14.7. The van der Waals surface area contributed by atoms with E-state index in [1.165, 1.54) is 0 Å². The van der Waals surface area contributed by atoms with Gasteiger partial charge in [0.2, 0.25) is 0 Å². The van der Waals surface area contributed by atoms with Gasteiger partial charge < -0.3 is 15.2 Å². The predicted octanol–water partition coefficient (Wildman–Crippen LogP) is 4.73. The monoisotopic (exact) mass is 345 g/mol. The molecular weight excluding hydrogens is 326 g/mol. The van der Waals surface area contributed by atoms with Gasteiger partial charge in [0, 0.05) is 11.0 Å². The molecule has 0 aromatic heterocycles. The lowest BCUT2D eigenvalue weighted by Crippen LogP contribution is -2.25. The molecule has 0 fully saturated rings. The van der Waals surface area contributed by atoms with Gasteiger partial charge in [0.1, 0.15) is 11.9 Å². The van der Waals surface area contributed by atoms with Gasteiger partial charge in [-0.15, -0.1) is 0 Å². The van der Waals surface area contributed by atoms with E-state index in [0.717, 1.165) is 28.7 Å². The summed E-state index contributed by atoms with van der Waals surface area (Å²) in [5, 5.41) is 0.585. The number of fused-ring (bicyclic) bond motifs is 1. The van der Waals surface area contributed by atoms with Crippen LogP contribution in [0.4, 0.5) is 4.79 Å². The molecule has 1 unspecified atom stereocenters. The number of ether oxygens (including phenoxy) is 2. The highest BCUT2D eigenvalue weighted by Crippen LogP contribution is 2.48. The summed E-state index contributed by atoms with van der Waals surface area (Å²) in [4.78, 5) is 11.2. The van der Waals surface area contributed by atoms with Crippen molar-refractivity contribution in [1.82, 2.24) is 0 Å². The predicted molar refractivity (Wildman–Crippen MR) is 94.3 cm³/mol. The molecule has 0 aliphatic heterocycles. The second-order valence-corrected chi connectivity index (χ2v) is 7.10. The number of carbonyl (C=O) groups is 1. The molecule has 0 saturated carbocycles. The molecule has 0 saturated heterocycles. The summed E-state index contributed by atoms with van der Waals surface area (Å²) in [7, 11) is 1.60. The molecule has 2 aromatic carbocycles. The van der Waals surface area contributed by atoms with Gasteiger partial charge in [0.05, 0.1) is 12.1 Å². The third-order valence-corrected chi connectivity index (χ3v) is 4.90. The molecule has 4 nitrogen and oxygen atoms in total. The van der Waals surface area contributed by atoms with Crippen molar-refractivity contribution in [1.29, 1.82) is 0 Å². The number of carbonyl (C=O) groups excluding carboxylic acids is 1. The van der Waals surface area contributed by atoms with Crippen LogP contribution in [0.1, 0.15) is 31.1 Å². The van der Waals surface area contributed by atoms with Gasteiger partial charge in [0.15, 0.2) is 0 Å². The number of halogens is 1. The molecule has 0 heterocycles. The SMILES string of the molecule is COc1cccc(-c2ccc3c(c2)CC(C)(C)C3OC(N)=O)c1Cl. The third-order valence-electron chi connectivity index (χ3n) is 4.51. The van der Waals surface area contributed by atoms with Crippen molar-refractivity contribution in [2.75, 3.05) is 7.11 Å². The van der Waals surface area contributed by atoms with Gasteiger partial charge in [-0.1, -0.05) is 55.8 Å². The summed E-state index contributed by atoms with van der Waals surface area (Å²) in [5.41, 5.74) is 9.09. The fourth-order valence-electron chi connectivity index (χ4n) is 3.42. The van der Waals surface area contributed by atoms with Crippen molar-refractivity contribution >= 4 is 17.7 Å². The first-order valence-electron chi connectivity index (χ1n) is 7.75. The fraction of sp³-hybridized carbons (Fsp3) is 0.316. The van der Waals surface area contributed by atoms with Gasteiger partial charge >= 0.3 is 6.09 Å². The first-order chi connectivity index (χ1) is 11.3. The van der Waals surface area contributed by atoms with Crippen molar-refractivity contribution in [3.05, 3.63) is 52.5 Å². The maximum atomic E-state index is 11.2. The third kappa shape index (κ3) is 2.82. The Morgan fingerprint density at radius 1 is 1.29 bits per heavy atom. The van der Waals surface area contributed by atoms with Crippen LogP contribution in [0.2, 0.25) is 5.02 Å². The second-order valence-electron chi connectivity index (χ2n) is 6.72. The quantitative estimate of drug-likeness (QED) is 0.874. The number of hydrogen-bond donors (Lipinski definition) is 1. The molecule has 0 bridgehead atoms. The van der Waals surface area contributed by atoms with Crippen LogP contribution < -0.4 is 10.5 Å². The molecule has 1 atom stereocenters. The Morgan fingerprint density at radius 2 is 2.04 bits per heavy atom. The molecule has 126 valence electrons. The van der Waals surface area contributed by atoms with E-state index in [0.29, 0.717) is 10.8 Å². The number of benzene rings is 2. The van der Waals surface area contributed by atoms with E-state index in [4.69, 9.17) is 26.8 Å². The van der Waals surface area contributed by atoms with Gasteiger partial charge in [-0.25, -0.2) is 4.79 Å². The summed E-state index contributed by atoms with van der Waals surface area (Å²) in [6.45, 7) is 4.14. The summed E-state index contributed by atoms with van der Waals surface area (Å²) < 4.78 is 10.6. The molecule has 0 radical (unpaired) electrons. The lowest BCUT2D eigenvalue weighted by Gasteiger charge is -2.26. The zero-order chi connectivity index (χ0) is 17.5. The van der Waals surface area contributed by atoms with Crippen LogP contribution in [-0.2, 0) is 11.2 Å². The van der Waals surface area contributed by atoms with Crippen molar-refractivity contribution in [2.45, 2.75) is 26.4 Å². The average Bonchev–Trinajstić information content (AvgIpc) is 2.76. The van der Waals surface area contributed by atoms with E-state index in [1.54, 1.807) is 7.11 Å². The molecule has 0 spiro atoms. The largest absolute Gasteiger partial charge is 0.495 e. The van der Waals surface area contributed by atoms with E-state index < -0.39 is 6.09 Å². The highest BCUT2D eigenvalue weighted by atomic mass is 35.5. The van der Waals surface area contributed by atoms with E-state index in [-0.39, 0.29) is 11.5 Å². The van der Waals surface area contributed by atoms with Gasteiger partial charge in [-0.05, 0) is 29.2 Å². The Balaban J connectivity index is 2.04. The Morgan fingerprint density at radius 3 is 2.71 bits per heavy atom. The maximum Gasteiger partial charge on any atom is 0.405 e. The summed E-state index contributed by atoms with van der Waals surface area (Å²) in [6, 6.07) is 11.8. The van der Waals surface area contributed by atoms with E-state index in [1.807, 2.05) is 30.3 Å². The number of amides is 1. The number of rotatable bonds is 3. The number of nitrogens with two attached hydrogens (primary N) is 1. The topological polar surface area (TPSA) is 61.6 Å². The molecular formula is C19H20ClNO3. The number of primary amides is 1. The molecule has 2 aromatic rings. The Bertz CT molecular complexity index is 801. The summed E-state index contributed by atoms with van der Waals surface area (Å²) in [5.74, 6) is 0.643. The molecule has 24 heavy (non-hydrogen) atoms. The minimum absolute atomic E-state index is 0.200. The Hall–Kier alpha value is -2.20. The fourth-order valence-corrected chi connectivity index (χ4v) is 3.73. The molecule has 1 aliphatic rings. The highest BCUT2D eigenvalue weighted by molar-refractivity contribution is 6.34. The zero-order valence-electron chi connectivity index (χ0n) is 13.9. The molecule has 5 heteroatoms. The van der Waals surface area contributed by atoms with Crippen LogP contribution >= 0.6 is 11.6 Å². The van der Waals surface area contributed by atoms with Crippen LogP contribution in [0.25, 0.3) is 11.1 Å². The standard InChI is InChI=1S/C19H20ClNO3/c1-19(2)10-12-9-11(7-8-14(12)17(19)24-18(21)22)13-5-4-6-15(23-3)16(13)20/h4-9,17H,10H2,1-3H3,(H2,21,22). The molecule has 2 N–H and O–H groups in total. The van der Waals surface area contributed by atoms with Gasteiger partial charge in [-0.3, -0.25) is 0 Å². The molecule has 1 amide bonds. The first kappa shape index (κ1) is 16.7. The van der Waals surface area contributed by atoms with Crippen molar-refractivity contribution in [3.63, 3.8) is 0 Å². The summed E-state index contributed by atoms with van der Waals surface area (Å²) >= 11 is 6.44. The number of methoxy groups -OCH3 is 1. The van der Waals surface area contributed by atoms with Crippen molar-refractivity contribution < 1.29 is 14.3 Å². The smallest absolute Gasteiger partial charge is 0.405 e. The van der Waals surface area contributed by atoms with Crippen LogP contribution in [0.15, 0.2) is 36.4 Å². The average molecular weight is 346 g/mol. The lowest BCUT2D eigenvalue weighted by atomic mass is 9.87. The normalized spacial score (nSPS) is 18.1. The minimum atomic E-state index is -0.749. The molecule has 3 rings (SSSR count). The first-order valence-corrected chi connectivity index (χ1v) is 8.13. The van der Waals surface area contributed by atoms with Crippen LogP contribution in [0.3, 0.4) is 0 Å². The Labute approximate surface area is 146 Å². The van der Waals surface area contributed by atoms with Gasteiger partial charge in [0.25, 0.3) is 0 Å². The van der Waals surface area contributed by atoms with Crippen LogP contribution in [0, 0.1) is 5.41 Å². The van der Waals surface area contributed by atoms with Crippen LogP contribution in [0.5, 0.6) is 5.75 Å².